The molecule has 0 aromatic heterocycles. The number of benzene rings is 2. The smallest absolute Gasteiger partial charge is 0.308 e. The number of rotatable bonds is 13. The lowest BCUT2D eigenvalue weighted by atomic mass is 10.1. The van der Waals surface area contributed by atoms with Crippen molar-refractivity contribution in [2.45, 2.75) is 46.0 Å². The van der Waals surface area contributed by atoms with Gasteiger partial charge >= 0.3 is 5.97 Å². The van der Waals surface area contributed by atoms with Gasteiger partial charge in [-0.25, -0.2) is 0 Å². The largest absolute Gasteiger partial charge is 0.497 e. The lowest BCUT2D eigenvalue weighted by molar-refractivity contribution is -0.148. The molecule has 2 aromatic carbocycles. The third-order valence-corrected chi connectivity index (χ3v) is 4.76. The van der Waals surface area contributed by atoms with Crippen molar-refractivity contribution in [1.29, 1.82) is 0 Å². The number of carbonyl (C=O) groups excluding carboxylic acids is 1. The number of hydrogen-bond acceptors (Lipinski definition) is 6. The molecule has 0 aliphatic carbocycles. The van der Waals surface area contributed by atoms with Crippen molar-refractivity contribution in [1.82, 2.24) is 0 Å². The van der Waals surface area contributed by atoms with E-state index in [9.17, 15) is 4.79 Å². The minimum atomic E-state index is -0.0900. The first-order valence-electron chi connectivity index (χ1n) is 10.6. The molecule has 0 saturated carbocycles. The first-order valence-corrected chi connectivity index (χ1v) is 10.6. The van der Waals surface area contributed by atoms with Gasteiger partial charge in [0.15, 0.2) is 0 Å². The van der Waals surface area contributed by atoms with E-state index in [0.29, 0.717) is 13.2 Å². The zero-order chi connectivity index (χ0) is 21.6. The molecule has 0 aliphatic rings. The van der Waals surface area contributed by atoms with Crippen LogP contribution in [-0.4, -0.2) is 26.3 Å². The lowest BCUT2D eigenvalue weighted by Gasteiger charge is -2.09. The van der Waals surface area contributed by atoms with Crippen LogP contribution in [0.4, 0.5) is 11.4 Å². The molecule has 6 nitrogen and oxygen atoms in total. The van der Waals surface area contributed by atoms with Gasteiger partial charge in [0, 0.05) is 0 Å². The molecular weight excluding hydrogens is 380 g/mol. The Balaban J connectivity index is 1.59. The highest BCUT2D eigenvalue weighted by atomic mass is 16.5. The van der Waals surface area contributed by atoms with Gasteiger partial charge in [-0.3, -0.25) is 4.79 Å². The van der Waals surface area contributed by atoms with Gasteiger partial charge < -0.3 is 14.2 Å². The summed E-state index contributed by atoms with van der Waals surface area (Å²) < 4.78 is 16.1. The van der Waals surface area contributed by atoms with E-state index in [1.54, 1.807) is 7.11 Å². The fourth-order valence-electron chi connectivity index (χ4n) is 2.60. The minimum Gasteiger partial charge on any atom is -0.497 e. The lowest BCUT2D eigenvalue weighted by Crippen LogP contribution is -2.14. The Kier molecular flexibility index (Phi) is 10.4. The molecule has 0 fully saturated rings. The zero-order valence-corrected chi connectivity index (χ0v) is 18.2. The van der Waals surface area contributed by atoms with Crippen molar-refractivity contribution >= 4 is 17.3 Å². The number of nitrogens with zero attached hydrogens (tertiary/aromatic N) is 2. The van der Waals surface area contributed by atoms with Gasteiger partial charge in [0.25, 0.3) is 0 Å². The van der Waals surface area contributed by atoms with Gasteiger partial charge in [0.1, 0.15) is 11.5 Å². The third kappa shape index (κ3) is 8.64. The van der Waals surface area contributed by atoms with E-state index in [1.165, 1.54) is 0 Å². The Morgan fingerprint density at radius 1 is 0.833 bits per heavy atom. The Bertz CT molecular complexity index is 773. The van der Waals surface area contributed by atoms with E-state index in [-0.39, 0.29) is 11.9 Å². The normalized spacial score (nSPS) is 12.0. The van der Waals surface area contributed by atoms with Crippen molar-refractivity contribution in [3.05, 3.63) is 48.5 Å². The molecule has 162 valence electrons. The van der Waals surface area contributed by atoms with Crippen LogP contribution in [-0.2, 0) is 9.53 Å². The minimum absolute atomic E-state index is 0.00583. The fourth-order valence-corrected chi connectivity index (χ4v) is 2.60. The Labute approximate surface area is 179 Å². The summed E-state index contributed by atoms with van der Waals surface area (Å²) >= 11 is 0. The van der Waals surface area contributed by atoms with Crippen molar-refractivity contribution in [2.75, 3.05) is 20.3 Å². The molecule has 0 saturated heterocycles. The average Bonchev–Trinajstić information content (AvgIpc) is 2.79. The molecule has 0 bridgehead atoms. The maximum Gasteiger partial charge on any atom is 0.308 e. The molecule has 2 rings (SSSR count). The molecular formula is C24H32N2O4. The van der Waals surface area contributed by atoms with Crippen LogP contribution in [0.2, 0.25) is 0 Å². The molecule has 1 atom stereocenters. The number of unbranched alkanes of at least 4 members (excludes halogenated alkanes) is 3. The SMILES string of the molecule is CCC(C)C(=O)OCCCCCCOc1ccc(/N=N/c2ccc(OC)cc2)cc1. The van der Waals surface area contributed by atoms with Crippen molar-refractivity contribution < 1.29 is 19.0 Å². The van der Waals surface area contributed by atoms with Crippen molar-refractivity contribution in [3.63, 3.8) is 0 Å². The van der Waals surface area contributed by atoms with Crippen molar-refractivity contribution in [3.8, 4) is 11.5 Å². The van der Waals surface area contributed by atoms with E-state index in [0.717, 1.165) is 55.0 Å². The highest BCUT2D eigenvalue weighted by Gasteiger charge is 2.10. The predicted molar refractivity (Wildman–Crippen MR) is 118 cm³/mol. The number of carbonyl (C=O) groups is 1. The van der Waals surface area contributed by atoms with Gasteiger partial charge in [-0.15, -0.1) is 0 Å². The summed E-state index contributed by atoms with van der Waals surface area (Å²) in [4.78, 5) is 11.6. The van der Waals surface area contributed by atoms with Crippen LogP contribution in [0.3, 0.4) is 0 Å². The van der Waals surface area contributed by atoms with E-state index in [2.05, 4.69) is 10.2 Å². The van der Waals surface area contributed by atoms with Crippen LogP contribution in [0, 0.1) is 5.92 Å². The van der Waals surface area contributed by atoms with Crippen molar-refractivity contribution in [2.24, 2.45) is 16.1 Å². The van der Waals surface area contributed by atoms with E-state index in [1.807, 2.05) is 62.4 Å². The van der Waals surface area contributed by atoms with Gasteiger partial charge in [-0.05, 0) is 80.6 Å². The summed E-state index contributed by atoms with van der Waals surface area (Å²) in [5.41, 5.74) is 1.54. The molecule has 0 aliphatic heterocycles. The third-order valence-electron chi connectivity index (χ3n) is 4.76. The second kappa shape index (κ2) is 13.4. The number of azo groups is 1. The van der Waals surface area contributed by atoms with E-state index in [4.69, 9.17) is 14.2 Å². The summed E-state index contributed by atoms with van der Waals surface area (Å²) in [5, 5.41) is 8.45. The highest BCUT2D eigenvalue weighted by molar-refractivity contribution is 5.71. The van der Waals surface area contributed by atoms with Gasteiger partial charge in [-0.1, -0.05) is 13.8 Å². The summed E-state index contributed by atoms with van der Waals surface area (Å²) in [6, 6.07) is 15.0. The molecule has 0 radical (unpaired) electrons. The Morgan fingerprint density at radius 2 is 1.37 bits per heavy atom. The molecule has 0 heterocycles. The Morgan fingerprint density at radius 3 is 1.90 bits per heavy atom. The number of methoxy groups -OCH3 is 1. The first kappa shape index (κ1) is 23.4. The molecule has 6 heteroatoms. The second-order valence-electron chi connectivity index (χ2n) is 7.13. The summed E-state index contributed by atoms with van der Waals surface area (Å²) in [6.07, 6.45) is 4.77. The van der Waals surface area contributed by atoms with Crippen LogP contribution >= 0.6 is 0 Å². The first-order chi connectivity index (χ1) is 14.6. The van der Waals surface area contributed by atoms with Gasteiger partial charge in [0.2, 0.25) is 0 Å². The van der Waals surface area contributed by atoms with Crippen LogP contribution in [0.25, 0.3) is 0 Å². The number of hydrogen-bond donors (Lipinski definition) is 0. The standard InChI is InChI=1S/C24H32N2O4/c1-4-19(2)24(27)30-18-8-6-5-7-17-29-23-15-11-21(12-16-23)26-25-20-9-13-22(28-3)14-10-20/h9-16,19H,4-8,17-18H2,1-3H3/b26-25+. The topological polar surface area (TPSA) is 69.5 Å². The van der Waals surface area contributed by atoms with E-state index < -0.39 is 0 Å². The zero-order valence-electron chi connectivity index (χ0n) is 18.2. The van der Waals surface area contributed by atoms with Crippen LogP contribution in [0.15, 0.2) is 58.8 Å². The average molecular weight is 413 g/mol. The molecule has 0 amide bonds. The molecule has 0 N–H and O–H groups in total. The van der Waals surface area contributed by atoms with Gasteiger partial charge in [0.05, 0.1) is 37.6 Å². The maximum absolute atomic E-state index is 11.6. The second-order valence-corrected chi connectivity index (χ2v) is 7.13. The molecule has 1 unspecified atom stereocenters. The fraction of sp³-hybridized carbons (Fsp3) is 0.458. The van der Waals surface area contributed by atoms with Gasteiger partial charge in [-0.2, -0.15) is 10.2 Å². The summed E-state index contributed by atoms with van der Waals surface area (Å²) in [7, 11) is 1.63. The van der Waals surface area contributed by atoms with Crippen LogP contribution in [0.1, 0.15) is 46.0 Å². The monoisotopic (exact) mass is 412 g/mol. The molecule has 30 heavy (non-hydrogen) atoms. The maximum atomic E-state index is 11.6. The number of esters is 1. The highest BCUT2D eigenvalue weighted by Crippen LogP contribution is 2.23. The summed E-state index contributed by atoms with van der Waals surface area (Å²) in [5.74, 6) is 1.52. The summed E-state index contributed by atoms with van der Waals surface area (Å²) in [6.45, 7) is 5.07. The predicted octanol–water partition coefficient (Wildman–Crippen LogP) is 6.64. The molecule has 2 aromatic rings. The Hall–Kier alpha value is -2.89. The van der Waals surface area contributed by atoms with Crippen LogP contribution in [0.5, 0.6) is 11.5 Å². The van der Waals surface area contributed by atoms with Crippen LogP contribution < -0.4 is 9.47 Å². The quantitative estimate of drug-likeness (QED) is 0.210. The van der Waals surface area contributed by atoms with E-state index >= 15 is 0 Å². The molecule has 0 spiro atoms. The number of ether oxygens (including phenoxy) is 3.